The Morgan fingerprint density at radius 3 is 2.44 bits per heavy atom. The van der Waals surface area contributed by atoms with Gasteiger partial charge >= 0.3 is 6.03 Å². The van der Waals surface area contributed by atoms with Crippen molar-refractivity contribution < 1.29 is 22.7 Å². The van der Waals surface area contributed by atoms with Gasteiger partial charge in [0.05, 0.1) is 16.2 Å². The molecule has 4 aromatic rings. The summed E-state index contributed by atoms with van der Waals surface area (Å²) in [7, 11) is -3.94. The SMILES string of the molecule is Cc1cc(COc2ccc(S(=O)(=O)CC3(CCCc4ncccn4)NC(=O)NC3=O)cc2)c2ccccc2n1. The summed E-state index contributed by atoms with van der Waals surface area (Å²) in [5, 5.41) is 5.72. The van der Waals surface area contributed by atoms with Crippen molar-refractivity contribution in [2.75, 3.05) is 5.75 Å². The summed E-state index contributed by atoms with van der Waals surface area (Å²) in [4.78, 5) is 37.6. The van der Waals surface area contributed by atoms with E-state index in [2.05, 4.69) is 25.6 Å². The molecule has 200 valence electrons. The van der Waals surface area contributed by atoms with Crippen molar-refractivity contribution in [2.45, 2.75) is 43.2 Å². The van der Waals surface area contributed by atoms with E-state index in [0.29, 0.717) is 24.4 Å². The normalized spacial score (nSPS) is 17.2. The van der Waals surface area contributed by atoms with Crippen LogP contribution in [-0.2, 0) is 27.7 Å². The third-order valence-corrected chi connectivity index (χ3v) is 8.44. The number of nitrogens with zero attached hydrogens (tertiary/aromatic N) is 3. The van der Waals surface area contributed by atoms with Gasteiger partial charge in [0.15, 0.2) is 9.84 Å². The molecule has 2 aromatic heterocycles. The fraction of sp³-hybridized carbons (Fsp3) is 0.250. The summed E-state index contributed by atoms with van der Waals surface area (Å²) in [6.45, 7) is 2.21. The molecule has 2 aromatic carbocycles. The van der Waals surface area contributed by atoms with E-state index < -0.39 is 33.1 Å². The molecule has 1 atom stereocenters. The van der Waals surface area contributed by atoms with Crippen LogP contribution < -0.4 is 15.4 Å². The van der Waals surface area contributed by atoms with E-state index in [0.717, 1.165) is 22.2 Å². The van der Waals surface area contributed by atoms with Crippen molar-refractivity contribution in [1.29, 1.82) is 0 Å². The molecule has 0 aliphatic carbocycles. The van der Waals surface area contributed by atoms with E-state index in [4.69, 9.17) is 4.74 Å². The standard InChI is InChI=1S/C28H27N5O5S/c1-19-16-20(23-6-2-3-7-24(23)31-19)17-38-21-9-11-22(12-10-21)39(36,37)18-28(26(34)32-27(35)33-28)13-4-8-25-29-14-5-15-30-25/h2-3,5-7,9-12,14-16H,4,8,13,17-18H2,1H3,(H2,32,33,34,35). The first-order valence-electron chi connectivity index (χ1n) is 12.4. The lowest BCUT2D eigenvalue weighted by molar-refractivity contribution is -0.123. The maximum absolute atomic E-state index is 13.3. The van der Waals surface area contributed by atoms with E-state index in [1.807, 2.05) is 37.3 Å². The number of hydrogen-bond acceptors (Lipinski definition) is 8. The first-order valence-corrected chi connectivity index (χ1v) is 14.1. The van der Waals surface area contributed by atoms with Crippen LogP contribution in [0.5, 0.6) is 5.75 Å². The van der Waals surface area contributed by atoms with E-state index >= 15 is 0 Å². The molecule has 39 heavy (non-hydrogen) atoms. The maximum atomic E-state index is 13.3. The molecule has 1 aliphatic rings. The van der Waals surface area contributed by atoms with Crippen LogP contribution in [0.25, 0.3) is 10.9 Å². The molecule has 5 rings (SSSR count). The number of rotatable bonds is 10. The second-order valence-corrected chi connectivity index (χ2v) is 11.5. The van der Waals surface area contributed by atoms with Gasteiger partial charge in [-0.25, -0.2) is 23.2 Å². The lowest BCUT2D eigenvalue weighted by atomic mass is 9.95. The number of sulfone groups is 1. The monoisotopic (exact) mass is 545 g/mol. The molecule has 1 aliphatic heterocycles. The van der Waals surface area contributed by atoms with Crippen molar-refractivity contribution in [3.05, 3.63) is 90.1 Å². The van der Waals surface area contributed by atoms with Crippen LogP contribution in [0.15, 0.2) is 78.0 Å². The minimum atomic E-state index is -3.94. The molecule has 10 nitrogen and oxygen atoms in total. The number of carbonyl (C=O) groups excluding carboxylic acids is 2. The van der Waals surface area contributed by atoms with Gasteiger partial charge < -0.3 is 10.1 Å². The molecule has 1 fully saturated rings. The Morgan fingerprint density at radius 2 is 1.72 bits per heavy atom. The summed E-state index contributed by atoms with van der Waals surface area (Å²) in [6.07, 6.45) is 4.18. The Morgan fingerprint density at radius 1 is 0.974 bits per heavy atom. The fourth-order valence-corrected chi connectivity index (χ4v) is 6.43. The van der Waals surface area contributed by atoms with Crippen molar-refractivity contribution in [2.24, 2.45) is 0 Å². The third kappa shape index (κ3) is 5.88. The predicted molar refractivity (Wildman–Crippen MR) is 144 cm³/mol. The molecule has 0 saturated carbocycles. The van der Waals surface area contributed by atoms with E-state index in [9.17, 15) is 18.0 Å². The third-order valence-electron chi connectivity index (χ3n) is 6.58. The fourth-order valence-electron chi connectivity index (χ4n) is 4.71. The minimum Gasteiger partial charge on any atom is -0.489 e. The number of ether oxygens (including phenoxy) is 1. The summed E-state index contributed by atoms with van der Waals surface area (Å²) in [5.74, 6) is -0.164. The van der Waals surface area contributed by atoms with Crippen molar-refractivity contribution >= 4 is 32.7 Å². The zero-order valence-electron chi connectivity index (χ0n) is 21.3. The van der Waals surface area contributed by atoms with E-state index in [-0.39, 0.29) is 17.9 Å². The number of imide groups is 1. The molecule has 0 bridgehead atoms. The Labute approximate surface area is 225 Å². The second kappa shape index (κ2) is 10.8. The number of urea groups is 1. The highest BCUT2D eigenvalue weighted by Gasteiger charge is 2.49. The summed E-state index contributed by atoms with van der Waals surface area (Å²) >= 11 is 0. The van der Waals surface area contributed by atoms with Gasteiger partial charge in [-0.1, -0.05) is 18.2 Å². The number of pyridine rings is 1. The van der Waals surface area contributed by atoms with Gasteiger partial charge in [0, 0.05) is 35.5 Å². The second-order valence-electron chi connectivity index (χ2n) is 9.47. The lowest BCUT2D eigenvalue weighted by Gasteiger charge is -2.25. The maximum Gasteiger partial charge on any atom is 0.322 e. The van der Waals surface area contributed by atoms with Crippen LogP contribution in [0.4, 0.5) is 4.79 Å². The summed E-state index contributed by atoms with van der Waals surface area (Å²) in [6, 6.07) is 16.8. The van der Waals surface area contributed by atoms with Gasteiger partial charge in [-0.15, -0.1) is 0 Å². The number of nitrogens with one attached hydrogen (secondary N) is 2. The number of fused-ring (bicyclic) bond motifs is 1. The Hall–Kier alpha value is -4.38. The Kier molecular flexibility index (Phi) is 7.25. The molecular formula is C28H27N5O5S. The number of carbonyl (C=O) groups is 2. The average molecular weight is 546 g/mol. The van der Waals surface area contributed by atoms with E-state index in [1.54, 1.807) is 30.6 Å². The molecule has 3 amide bonds. The molecule has 3 heterocycles. The molecule has 0 spiro atoms. The number of benzene rings is 2. The molecule has 0 radical (unpaired) electrons. The van der Waals surface area contributed by atoms with Crippen molar-refractivity contribution in [3.8, 4) is 5.75 Å². The molecule has 1 unspecified atom stereocenters. The van der Waals surface area contributed by atoms with Gasteiger partial charge in [-0.2, -0.15) is 0 Å². The van der Waals surface area contributed by atoms with Gasteiger partial charge in [0.25, 0.3) is 5.91 Å². The molecule has 2 N–H and O–H groups in total. The van der Waals surface area contributed by atoms with Gasteiger partial charge in [-0.3, -0.25) is 15.1 Å². The first kappa shape index (κ1) is 26.2. The summed E-state index contributed by atoms with van der Waals surface area (Å²) in [5.41, 5.74) is 1.15. The largest absolute Gasteiger partial charge is 0.489 e. The van der Waals surface area contributed by atoms with Gasteiger partial charge in [0.2, 0.25) is 0 Å². The van der Waals surface area contributed by atoms with Crippen LogP contribution in [0.3, 0.4) is 0 Å². The topological polar surface area (TPSA) is 140 Å². The summed E-state index contributed by atoms with van der Waals surface area (Å²) < 4.78 is 32.6. The van der Waals surface area contributed by atoms with Gasteiger partial charge in [0.1, 0.15) is 23.7 Å². The van der Waals surface area contributed by atoms with Crippen LogP contribution in [0.2, 0.25) is 0 Å². The smallest absolute Gasteiger partial charge is 0.322 e. The van der Waals surface area contributed by atoms with Crippen LogP contribution in [-0.4, -0.2) is 46.6 Å². The highest BCUT2D eigenvalue weighted by Crippen LogP contribution is 2.27. The zero-order valence-corrected chi connectivity index (χ0v) is 22.1. The number of hydrogen-bond donors (Lipinski definition) is 2. The number of para-hydroxylation sites is 1. The van der Waals surface area contributed by atoms with Gasteiger partial charge in [-0.05, 0) is 62.2 Å². The van der Waals surface area contributed by atoms with Crippen LogP contribution >= 0.6 is 0 Å². The molecular weight excluding hydrogens is 518 g/mol. The Bertz CT molecular complexity index is 1630. The van der Waals surface area contributed by atoms with E-state index in [1.165, 1.54) is 12.1 Å². The highest BCUT2D eigenvalue weighted by molar-refractivity contribution is 7.91. The Balaban J connectivity index is 1.28. The number of aromatic nitrogens is 3. The predicted octanol–water partition coefficient (Wildman–Crippen LogP) is 3.29. The molecule has 11 heteroatoms. The average Bonchev–Trinajstić information content (AvgIpc) is 3.19. The van der Waals surface area contributed by atoms with Crippen LogP contribution in [0, 0.1) is 6.92 Å². The lowest BCUT2D eigenvalue weighted by Crippen LogP contribution is -2.52. The molecule has 1 saturated heterocycles. The van der Waals surface area contributed by atoms with Crippen LogP contribution in [0.1, 0.15) is 29.9 Å². The van der Waals surface area contributed by atoms with Crippen molar-refractivity contribution in [1.82, 2.24) is 25.6 Å². The van der Waals surface area contributed by atoms with Crippen molar-refractivity contribution in [3.63, 3.8) is 0 Å². The number of amides is 3. The zero-order chi connectivity index (χ0) is 27.5. The first-order chi connectivity index (χ1) is 18.7. The minimum absolute atomic E-state index is 0.0276. The quantitative estimate of drug-likeness (QED) is 0.289. The highest BCUT2D eigenvalue weighted by atomic mass is 32.2. The number of aryl methyl sites for hydroxylation is 2.